The molecule has 0 heterocycles. The Morgan fingerprint density at radius 2 is 1.76 bits per heavy atom. The topological polar surface area (TPSA) is 38.3 Å². The molecule has 3 heteroatoms. The largest absolute Gasteiger partial charge is 0.496 e. The Hall–Kier alpha value is -2.55. The van der Waals surface area contributed by atoms with Gasteiger partial charge in [-0.15, -0.1) is 0 Å². The van der Waals surface area contributed by atoms with Gasteiger partial charge in [0, 0.05) is 12.0 Å². The van der Waals surface area contributed by atoms with E-state index in [9.17, 15) is 4.79 Å². The first-order chi connectivity index (χ1) is 14.0. The number of hydrogen-bond donors (Lipinski definition) is 1. The third kappa shape index (κ3) is 4.72. The second-order valence-corrected chi connectivity index (χ2v) is 8.50. The number of para-hydroxylation sites is 1. The van der Waals surface area contributed by atoms with Crippen LogP contribution in [0.5, 0.6) is 5.75 Å². The molecule has 0 aliphatic heterocycles. The highest BCUT2D eigenvalue weighted by atomic mass is 16.5. The molecule has 0 spiro atoms. The fourth-order valence-corrected chi connectivity index (χ4v) is 4.63. The first-order valence-corrected chi connectivity index (χ1v) is 10.6. The van der Waals surface area contributed by atoms with E-state index in [0.717, 1.165) is 25.7 Å². The summed E-state index contributed by atoms with van der Waals surface area (Å²) in [5.74, 6) is 1.76. The molecule has 1 aliphatic carbocycles. The van der Waals surface area contributed by atoms with Crippen LogP contribution in [0.2, 0.25) is 0 Å². The van der Waals surface area contributed by atoms with Crippen LogP contribution in [0.1, 0.15) is 55.5 Å². The number of methoxy groups -OCH3 is 1. The Morgan fingerprint density at radius 3 is 2.38 bits per heavy atom. The molecule has 0 bridgehead atoms. The lowest BCUT2D eigenvalue weighted by molar-refractivity contribution is 0.0926. The molecule has 1 amide bonds. The van der Waals surface area contributed by atoms with Crippen LogP contribution in [0, 0.1) is 11.8 Å². The van der Waals surface area contributed by atoms with E-state index in [-0.39, 0.29) is 11.3 Å². The fraction of sp³-hybridized carbons (Fsp3) is 0.423. The van der Waals surface area contributed by atoms with Crippen molar-refractivity contribution in [3.63, 3.8) is 0 Å². The number of allylic oxidation sites excluding steroid dienone is 1. The van der Waals surface area contributed by atoms with Gasteiger partial charge in [0.2, 0.25) is 0 Å². The van der Waals surface area contributed by atoms with Crippen LogP contribution in [0.25, 0.3) is 0 Å². The van der Waals surface area contributed by atoms with Crippen molar-refractivity contribution in [1.29, 1.82) is 0 Å². The van der Waals surface area contributed by atoms with Gasteiger partial charge in [0.05, 0.1) is 12.7 Å². The Morgan fingerprint density at radius 1 is 1.14 bits per heavy atom. The van der Waals surface area contributed by atoms with Gasteiger partial charge in [-0.1, -0.05) is 61.5 Å². The highest BCUT2D eigenvalue weighted by molar-refractivity contribution is 5.96. The summed E-state index contributed by atoms with van der Waals surface area (Å²) in [6, 6.07) is 18.1. The summed E-state index contributed by atoms with van der Waals surface area (Å²) in [5, 5.41) is 3.21. The van der Waals surface area contributed by atoms with Gasteiger partial charge >= 0.3 is 0 Å². The number of rotatable bonds is 7. The second-order valence-electron chi connectivity index (χ2n) is 8.50. The van der Waals surface area contributed by atoms with Crippen molar-refractivity contribution in [3.05, 3.63) is 77.9 Å². The van der Waals surface area contributed by atoms with E-state index >= 15 is 0 Å². The maximum absolute atomic E-state index is 12.9. The maximum atomic E-state index is 12.9. The van der Waals surface area contributed by atoms with Crippen molar-refractivity contribution in [2.75, 3.05) is 13.7 Å². The maximum Gasteiger partial charge on any atom is 0.255 e. The lowest BCUT2D eigenvalue weighted by Crippen LogP contribution is -2.44. The predicted molar refractivity (Wildman–Crippen MR) is 119 cm³/mol. The fourth-order valence-electron chi connectivity index (χ4n) is 4.63. The van der Waals surface area contributed by atoms with E-state index in [1.165, 1.54) is 11.1 Å². The molecule has 1 fully saturated rings. The molecule has 154 valence electrons. The Kier molecular flexibility index (Phi) is 6.79. The third-order valence-electron chi connectivity index (χ3n) is 6.80. The summed E-state index contributed by atoms with van der Waals surface area (Å²) in [7, 11) is 1.60. The number of ether oxygens (including phenoxy) is 1. The normalized spacial score (nSPS) is 22.5. The average Bonchev–Trinajstić information content (AvgIpc) is 2.77. The molecular formula is C26H33NO2. The quantitative estimate of drug-likeness (QED) is 0.609. The van der Waals surface area contributed by atoms with Gasteiger partial charge < -0.3 is 10.1 Å². The van der Waals surface area contributed by atoms with Gasteiger partial charge in [-0.3, -0.25) is 4.79 Å². The first-order valence-electron chi connectivity index (χ1n) is 10.6. The second kappa shape index (κ2) is 9.30. The Bertz CT molecular complexity index is 835. The summed E-state index contributed by atoms with van der Waals surface area (Å²) >= 11 is 0. The highest BCUT2D eigenvalue weighted by Gasteiger charge is 2.38. The van der Waals surface area contributed by atoms with Crippen LogP contribution >= 0.6 is 0 Å². The van der Waals surface area contributed by atoms with Gasteiger partial charge in [0.25, 0.3) is 5.91 Å². The molecule has 1 saturated carbocycles. The van der Waals surface area contributed by atoms with E-state index in [1.54, 1.807) is 7.11 Å². The van der Waals surface area contributed by atoms with Gasteiger partial charge in [0.1, 0.15) is 5.75 Å². The SMILES string of the molecule is C=C(C)C(C)C1CCC(CNC(=O)c2ccccc2OC)(c2ccccc2)CC1. The smallest absolute Gasteiger partial charge is 0.255 e. The molecule has 0 aromatic heterocycles. The van der Waals surface area contributed by atoms with Gasteiger partial charge in [-0.2, -0.15) is 0 Å². The molecule has 2 aromatic rings. The third-order valence-corrected chi connectivity index (χ3v) is 6.80. The predicted octanol–water partition coefficient (Wildman–Crippen LogP) is 5.77. The monoisotopic (exact) mass is 391 g/mol. The van der Waals surface area contributed by atoms with Crippen LogP contribution in [-0.4, -0.2) is 19.6 Å². The Labute approximate surface area is 175 Å². The van der Waals surface area contributed by atoms with E-state index in [4.69, 9.17) is 4.74 Å². The molecule has 0 radical (unpaired) electrons. The van der Waals surface area contributed by atoms with E-state index in [2.05, 4.69) is 56.1 Å². The van der Waals surface area contributed by atoms with E-state index in [1.807, 2.05) is 24.3 Å². The van der Waals surface area contributed by atoms with Crippen molar-refractivity contribution in [2.45, 2.75) is 44.9 Å². The van der Waals surface area contributed by atoms with Crippen LogP contribution in [0.4, 0.5) is 0 Å². The zero-order valence-corrected chi connectivity index (χ0v) is 17.9. The van der Waals surface area contributed by atoms with Crippen molar-refractivity contribution in [2.24, 2.45) is 11.8 Å². The van der Waals surface area contributed by atoms with Crippen molar-refractivity contribution in [3.8, 4) is 5.75 Å². The van der Waals surface area contributed by atoms with E-state index in [0.29, 0.717) is 29.7 Å². The number of hydrogen-bond acceptors (Lipinski definition) is 2. The molecule has 29 heavy (non-hydrogen) atoms. The summed E-state index contributed by atoms with van der Waals surface area (Å²) in [5.41, 5.74) is 3.15. The summed E-state index contributed by atoms with van der Waals surface area (Å²) < 4.78 is 5.36. The van der Waals surface area contributed by atoms with Gasteiger partial charge in [-0.25, -0.2) is 0 Å². The van der Waals surface area contributed by atoms with Crippen LogP contribution in [-0.2, 0) is 5.41 Å². The zero-order chi connectivity index (χ0) is 20.9. The minimum atomic E-state index is -0.0739. The molecule has 1 aliphatic rings. The summed E-state index contributed by atoms with van der Waals surface area (Å²) in [6.45, 7) is 9.24. The van der Waals surface area contributed by atoms with Crippen LogP contribution in [0.3, 0.4) is 0 Å². The van der Waals surface area contributed by atoms with Crippen molar-refractivity contribution >= 4 is 5.91 Å². The number of carbonyl (C=O) groups excluding carboxylic acids is 1. The first kappa shape index (κ1) is 21.2. The zero-order valence-electron chi connectivity index (χ0n) is 17.9. The molecule has 1 N–H and O–H groups in total. The molecule has 0 saturated heterocycles. The molecule has 3 nitrogen and oxygen atoms in total. The van der Waals surface area contributed by atoms with Crippen LogP contribution < -0.4 is 10.1 Å². The van der Waals surface area contributed by atoms with Crippen molar-refractivity contribution < 1.29 is 9.53 Å². The van der Waals surface area contributed by atoms with E-state index < -0.39 is 0 Å². The minimum Gasteiger partial charge on any atom is -0.496 e. The van der Waals surface area contributed by atoms with Crippen LogP contribution in [0.15, 0.2) is 66.7 Å². The number of nitrogens with one attached hydrogen (secondary N) is 1. The highest BCUT2D eigenvalue weighted by Crippen LogP contribution is 2.44. The minimum absolute atomic E-state index is 0.0236. The van der Waals surface area contributed by atoms with Gasteiger partial charge in [0.15, 0.2) is 0 Å². The lowest BCUT2D eigenvalue weighted by atomic mass is 9.64. The molecular weight excluding hydrogens is 358 g/mol. The van der Waals surface area contributed by atoms with Gasteiger partial charge in [-0.05, 0) is 62.1 Å². The van der Waals surface area contributed by atoms with Crippen molar-refractivity contribution in [1.82, 2.24) is 5.32 Å². The number of amides is 1. The lowest BCUT2D eigenvalue weighted by Gasteiger charge is -2.42. The average molecular weight is 392 g/mol. The molecule has 3 rings (SSSR count). The Balaban J connectivity index is 1.77. The molecule has 1 atom stereocenters. The number of benzene rings is 2. The molecule has 2 aromatic carbocycles. The molecule has 1 unspecified atom stereocenters. The summed E-state index contributed by atoms with van der Waals surface area (Å²) in [4.78, 5) is 12.9. The summed E-state index contributed by atoms with van der Waals surface area (Å²) in [6.07, 6.45) is 4.47. The standard InChI is InChI=1S/C26H33NO2/c1-19(2)20(3)21-14-16-26(17-15-21,22-10-6-5-7-11-22)18-27-25(28)23-12-8-9-13-24(23)29-4/h5-13,20-21H,1,14-18H2,2-4H3,(H,27,28). The number of carbonyl (C=O) groups is 1.